The minimum Gasteiger partial charge on any atom is -0.352 e. The van der Waals surface area contributed by atoms with Crippen molar-refractivity contribution in [2.45, 2.75) is 5.03 Å². The van der Waals surface area contributed by atoms with Crippen molar-refractivity contribution in [3.63, 3.8) is 0 Å². The zero-order chi connectivity index (χ0) is 10.2. The van der Waals surface area contributed by atoms with E-state index in [1.54, 1.807) is 12.3 Å². The number of rotatable bonds is 5. The van der Waals surface area contributed by atoms with Crippen LogP contribution in [-0.2, 0) is 4.79 Å². The van der Waals surface area contributed by atoms with Crippen molar-refractivity contribution < 1.29 is 4.79 Å². The quantitative estimate of drug-likeness (QED) is 0.588. The van der Waals surface area contributed by atoms with E-state index in [4.69, 9.17) is 0 Å². The Kier molecular flexibility index (Phi) is 4.78. The Morgan fingerprint density at radius 3 is 3.14 bits per heavy atom. The summed E-state index contributed by atoms with van der Waals surface area (Å²) in [5.41, 5.74) is 0. The van der Waals surface area contributed by atoms with E-state index in [0.717, 1.165) is 5.03 Å². The van der Waals surface area contributed by atoms with Crippen molar-refractivity contribution >= 4 is 17.7 Å². The fraction of sp³-hybridized carbons (Fsp3) is 0.200. The van der Waals surface area contributed by atoms with E-state index in [0.29, 0.717) is 12.3 Å². The van der Waals surface area contributed by atoms with Crippen molar-refractivity contribution in [2.75, 3.05) is 12.3 Å². The van der Waals surface area contributed by atoms with E-state index in [1.165, 1.54) is 11.8 Å². The highest BCUT2D eigenvalue weighted by molar-refractivity contribution is 7.99. The van der Waals surface area contributed by atoms with E-state index in [2.05, 4.69) is 16.9 Å². The lowest BCUT2D eigenvalue weighted by Crippen LogP contribution is -2.24. The van der Waals surface area contributed by atoms with Crippen LogP contribution in [0, 0.1) is 0 Å². The van der Waals surface area contributed by atoms with Gasteiger partial charge in [0.05, 0.1) is 10.8 Å². The summed E-state index contributed by atoms with van der Waals surface area (Å²) in [5.74, 6) is 0.394. The number of hydrogen-bond donors (Lipinski definition) is 1. The van der Waals surface area contributed by atoms with E-state index in [-0.39, 0.29) is 5.91 Å². The average Bonchev–Trinajstić information content (AvgIpc) is 2.25. The smallest absolute Gasteiger partial charge is 0.230 e. The lowest BCUT2D eigenvalue weighted by molar-refractivity contribution is -0.118. The summed E-state index contributed by atoms with van der Waals surface area (Å²) >= 11 is 1.42. The Bertz CT molecular complexity index is 300. The number of pyridine rings is 1. The lowest BCUT2D eigenvalue weighted by atomic mass is 10.5. The van der Waals surface area contributed by atoms with Gasteiger partial charge in [-0.15, -0.1) is 6.58 Å². The van der Waals surface area contributed by atoms with Crippen LogP contribution in [0.1, 0.15) is 0 Å². The van der Waals surface area contributed by atoms with Gasteiger partial charge < -0.3 is 5.32 Å². The van der Waals surface area contributed by atoms with E-state index in [9.17, 15) is 4.79 Å². The molecule has 1 aromatic heterocycles. The highest BCUT2D eigenvalue weighted by Gasteiger charge is 2.00. The second-order valence-electron chi connectivity index (χ2n) is 2.55. The van der Waals surface area contributed by atoms with Gasteiger partial charge in [-0.2, -0.15) is 0 Å². The van der Waals surface area contributed by atoms with Gasteiger partial charge in [0, 0.05) is 12.7 Å². The Balaban J connectivity index is 2.27. The molecule has 0 aliphatic carbocycles. The van der Waals surface area contributed by atoms with Gasteiger partial charge in [0.2, 0.25) is 5.91 Å². The lowest BCUT2D eigenvalue weighted by Gasteiger charge is -2.01. The molecule has 0 bridgehead atoms. The molecule has 4 heteroatoms. The van der Waals surface area contributed by atoms with Crippen molar-refractivity contribution in [3.05, 3.63) is 37.1 Å². The molecule has 1 amide bonds. The molecule has 1 N–H and O–H groups in total. The third-order valence-electron chi connectivity index (χ3n) is 1.43. The highest BCUT2D eigenvalue weighted by atomic mass is 32.2. The van der Waals surface area contributed by atoms with Gasteiger partial charge in [0.15, 0.2) is 0 Å². The Labute approximate surface area is 87.6 Å². The Hall–Kier alpha value is -1.29. The monoisotopic (exact) mass is 208 g/mol. The zero-order valence-corrected chi connectivity index (χ0v) is 8.59. The van der Waals surface area contributed by atoms with Crippen molar-refractivity contribution in [1.29, 1.82) is 0 Å². The molecule has 0 radical (unpaired) electrons. The van der Waals surface area contributed by atoms with Crippen LogP contribution in [0.3, 0.4) is 0 Å². The molecular formula is C10H12N2OS. The molecule has 1 heterocycles. The van der Waals surface area contributed by atoms with Gasteiger partial charge in [-0.3, -0.25) is 4.79 Å². The molecule has 1 aromatic rings. The van der Waals surface area contributed by atoms with E-state index in [1.807, 2.05) is 18.2 Å². The van der Waals surface area contributed by atoms with E-state index < -0.39 is 0 Å². The van der Waals surface area contributed by atoms with Crippen LogP contribution in [-0.4, -0.2) is 23.2 Å². The maximum atomic E-state index is 11.2. The molecule has 0 aliphatic heterocycles. The molecule has 0 saturated carbocycles. The molecule has 0 spiro atoms. The fourth-order valence-electron chi connectivity index (χ4n) is 0.809. The van der Waals surface area contributed by atoms with E-state index >= 15 is 0 Å². The van der Waals surface area contributed by atoms with Gasteiger partial charge in [0.25, 0.3) is 0 Å². The molecule has 0 saturated heterocycles. The summed E-state index contributed by atoms with van der Waals surface area (Å²) in [6.07, 6.45) is 3.37. The minimum atomic E-state index is 0.000512. The SMILES string of the molecule is C=CCNC(=O)CSc1ccccn1. The van der Waals surface area contributed by atoms with Gasteiger partial charge in [-0.25, -0.2) is 4.98 Å². The number of aromatic nitrogens is 1. The molecule has 0 aliphatic rings. The summed E-state index contributed by atoms with van der Waals surface area (Å²) in [5, 5.41) is 3.56. The molecule has 0 atom stereocenters. The van der Waals surface area contributed by atoms with Crippen LogP contribution in [0.4, 0.5) is 0 Å². The fourth-order valence-corrected chi connectivity index (χ4v) is 1.50. The minimum absolute atomic E-state index is 0.000512. The molecule has 0 aromatic carbocycles. The maximum Gasteiger partial charge on any atom is 0.230 e. The predicted molar refractivity (Wildman–Crippen MR) is 58.2 cm³/mol. The summed E-state index contributed by atoms with van der Waals surface area (Å²) in [7, 11) is 0. The van der Waals surface area contributed by atoms with Gasteiger partial charge in [-0.05, 0) is 12.1 Å². The summed E-state index contributed by atoms with van der Waals surface area (Å²) in [6.45, 7) is 4.03. The topological polar surface area (TPSA) is 42.0 Å². The standard InChI is InChI=1S/C10H12N2OS/c1-2-6-11-9(13)8-14-10-5-3-4-7-12-10/h2-5,7H,1,6,8H2,(H,11,13). The Morgan fingerprint density at radius 2 is 2.50 bits per heavy atom. The van der Waals surface area contributed by atoms with Crippen LogP contribution < -0.4 is 5.32 Å². The number of amides is 1. The first-order valence-corrected chi connectivity index (χ1v) is 5.23. The van der Waals surface area contributed by atoms with Crippen LogP contribution in [0.25, 0.3) is 0 Å². The third kappa shape index (κ3) is 4.09. The van der Waals surface area contributed by atoms with Crippen LogP contribution in [0.5, 0.6) is 0 Å². The van der Waals surface area contributed by atoms with Gasteiger partial charge in [-0.1, -0.05) is 23.9 Å². The molecule has 74 valence electrons. The largest absolute Gasteiger partial charge is 0.352 e. The number of carbonyl (C=O) groups is 1. The molecule has 0 fully saturated rings. The second-order valence-corrected chi connectivity index (χ2v) is 3.55. The van der Waals surface area contributed by atoms with Crippen LogP contribution in [0.2, 0.25) is 0 Å². The van der Waals surface area contributed by atoms with Crippen LogP contribution in [0.15, 0.2) is 42.1 Å². The Morgan fingerprint density at radius 1 is 1.64 bits per heavy atom. The molecular weight excluding hydrogens is 196 g/mol. The number of hydrogen-bond acceptors (Lipinski definition) is 3. The molecule has 1 rings (SSSR count). The zero-order valence-electron chi connectivity index (χ0n) is 7.77. The van der Waals surface area contributed by atoms with Crippen molar-refractivity contribution in [3.8, 4) is 0 Å². The predicted octanol–water partition coefficient (Wildman–Crippen LogP) is 1.48. The number of nitrogens with zero attached hydrogens (tertiary/aromatic N) is 1. The second kappa shape index (κ2) is 6.21. The molecule has 14 heavy (non-hydrogen) atoms. The summed E-state index contributed by atoms with van der Waals surface area (Å²) in [4.78, 5) is 15.3. The maximum absolute atomic E-state index is 11.2. The number of carbonyl (C=O) groups excluding carboxylic acids is 1. The summed E-state index contributed by atoms with van der Waals surface area (Å²) < 4.78 is 0. The number of nitrogens with one attached hydrogen (secondary N) is 1. The van der Waals surface area contributed by atoms with Gasteiger partial charge >= 0.3 is 0 Å². The average molecular weight is 208 g/mol. The molecule has 0 unspecified atom stereocenters. The first kappa shape index (κ1) is 10.8. The van der Waals surface area contributed by atoms with Crippen molar-refractivity contribution in [2.24, 2.45) is 0 Å². The van der Waals surface area contributed by atoms with Crippen molar-refractivity contribution in [1.82, 2.24) is 10.3 Å². The number of thioether (sulfide) groups is 1. The molecule has 3 nitrogen and oxygen atoms in total. The first-order valence-electron chi connectivity index (χ1n) is 4.24. The third-order valence-corrected chi connectivity index (χ3v) is 2.38. The highest BCUT2D eigenvalue weighted by Crippen LogP contribution is 2.12. The van der Waals surface area contributed by atoms with Gasteiger partial charge in [0.1, 0.15) is 0 Å². The van der Waals surface area contributed by atoms with Crippen LogP contribution >= 0.6 is 11.8 Å². The normalized spacial score (nSPS) is 9.43. The summed E-state index contributed by atoms with van der Waals surface area (Å²) in [6, 6.07) is 5.63. The first-order chi connectivity index (χ1) is 6.83.